The summed E-state index contributed by atoms with van der Waals surface area (Å²) in [7, 11) is 0. The lowest BCUT2D eigenvalue weighted by Gasteiger charge is -1.98. The molecule has 0 saturated heterocycles. The Labute approximate surface area is 102 Å². The van der Waals surface area contributed by atoms with Crippen molar-refractivity contribution in [3.63, 3.8) is 0 Å². The van der Waals surface area contributed by atoms with Crippen LogP contribution < -0.4 is 0 Å². The largest absolute Gasteiger partial charge is 0.395 e. The van der Waals surface area contributed by atoms with Crippen molar-refractivity contribution in [3.8, 4) is 0 Å². The summed E-state index contributed by atoms with van der Waals surface area (Å²) in [6, 6.07) is 7.32. The second-order valence-electron chi connectivity index (χ2n) is 3.60. The first-order valence-electron chi connectivity index (χ1n) is 5.66. The lowest BCUT2D eigenvalue weighted by molar-refractivity contribution is 0.141. The third-order valence-electron chi connectivity index (χ3n) is 2.17. The molecule has 0 spiro atoms. The van der Waals surface area contributed by atoms with Gasteiger partial charge < -0.3 is 4.84 Å². The highest BCUT2D eigenvalue weighted by Gasteiger charge is 1.90. The van der Waals surface area contributed by atoms with E-state index >= 15 is 0 Å². The fourth-order valence-corrected chi connectivity index (χ4v) is 1.37. The zero-order chi connectivity index (χ0) is 11.6. The maximum Gasteiger partial charge on any atom is 0.139 e. The first kappa shape index (κ1) is 13.0. The van der Waals surface area contributed by atoms with E-state index in [9.17, 15) is 0 Å². The van der Waals surface area contributed by atoms with Gasteiger partial charge in [-0.1, -0.05) is 48.7 Å². The summed E-state index contributed by atoms with van der Waals surface area (Å²) in [6.45, 7) is 2.86. The van der Waals surface area contributed by atoms with Crippen LogP contribution in [0.25, 0.3) is 0 Å². The molecular weight excluding hydrogens is 222 g/mol. The molecule has 0 aliphatic heterocycles. The normalized spacial score (nSPS) is 10.9. The molecule has 16 heavy (non-hydrogen) atoms. The summed E-state index contributed by atoms with van der Waals surface area (Å²) in [6.07, 6.45) is 7.56. The highest BCUT2D eigenvalue weighted by Crippen LogP contribution is 2.07. The molecule has 1 aromatic rings. The van der Waals surface area contributed by atoms with Gasteiger partial charge in [0.05, 0.1) is 0 Å². The number of hydrogen-bond acceptors (Lipinski definition) is 2. The molecule has 1 aromatic carbocycles. The third kappa shape index (κ3) is 5.76. The van der Waals surface area contributed by atoms with Crippen LogP contribution in [0.3, 0.4) is 0 Å². The van der Waals surface area contributed by atoms with Gasteiger partial charge in [-0.2, -0.15) is 0 Å². The fourth-order valence-electron chi connectivity index (χ4n) is 1.25. The molecule has 0 aromatic heterocycles. The van der Waals surface area contributed by atoms with Gasteiger partial charge in [-0.3, -0.25) is 0 Å². The van der Waals surface area contributed by atoms with Crippen LogP contribution in [-0.2, 0) is 4.84 Å². The molecule has 1 rings (SSSR count). The Balaban J connectivity index is 2.14. The summed E-state index contributed by atoms with van der Waals surface area (Å²) >= 11 is 5.75. The van der Waals surface area contributed by atoms with Crippen LogP contribution in [0.15, 0.2) is 29.4 Å². The number of unbranched alkanes of at least 4 members (excludes halogenated alkanes) is 3. The summed E-state index contributed by atoms with van der Waals surface area (Å²) in [5.41, 5.74) is 0.873. The lowest BCUT2D eigenvalue weighted by Crippen LogP contribution is -1.89. The summed E-state index contributed by atoms with van der Waals surface area (Å²) < 4.78 is 0. The van der Waals surface area contributed by atoms with E-state index in [1.54, 1.807) is 12.1 Å². The van der Waals surface area contributed by atoms with Gasteiger partial charge in [0.1, 0.15) is 12.8 Å². The van der Waals surface area contributed by atoms with Gasteiger partial charge in [0.2, 0.25) is 0 Å². The minimum absolute atomic E-state index is 0.667. The molecule has 0 aliphatic rings. The Kier molecular flexibility index (Phi) is 6.66. The van der Waals surface area contributed by atoms with Gasteiger partial charge in [0.25, 0.3) is 0 Å². The third-order valence-corrected chi connectivity index (χ3v) is 2.42. The Morgan fingerprint density at radius 2 is 1.94 bits per heavy atom. The van der Waals surface area contributed by atoms with E-state index in [1.807, 2.05) is 12.1 Å². The van der Waals surface area contributed by atoms with Crippen molar-refractivity contribution in [3.05, 3.63) is 34.9 Å². The smallest absolute Gasteiger partial charge is 0.139 e. The van der Waals surface area contributed by atoms with E-state index < -0.39 is 0 Å². The predicted molar refractivity (Wildman–Crippen MR) is 68.1 cm³/mol. The fraction of sp³-hybridized carbons (Fsp3) is 0.462. The van der Waals surface area contributed by atoms with Crippen molar-refractivity contribution in [2.75, 3.05) is 6.61 Å². The molecular formula is C13H17ClNO. The highest BCUT2D eigenvalue weighted by molar-refractivity contribution is 6.30. The molecule has 0 aliphatic carbocycles. The van der Waals surface area contributed by atoms with Crippen LogP contribution in [0, 0.1) is 0 Å². The Morgan fingerprint density at radius 3 is 2.62 bits per heavy atom. The maximum absolute atomic E-state index is 5.75. The van der Waals surface area contributed by atoms with Gasteiger partial charge in [0.15, 0.2) is 0 Å². The van der Waals surface area contributed by atoms with Crippen LogP contribution in [-0.4, -0.2) is 12.8 Å². The van der Waals surface area contributed by atoms with Crippen molar-refractivity contribution in [2.45, 2.75) is 32.6 Å². The number of nitrogens with zero attached hydrogens (tertiary/aromatic N) is 1. The zero-order valence-corrected chi connectivity index (χ0v) is 10.3. The molecule has 2 nitrogen and oxygen atoms in total. The van der Waals surface area contributed by atoms with Gasteiger partial charge in [-0.25, -0.2) is 0 Å². The van der Waals surface area contributed by atoms with E-state index in [1.165, 1.54) is 19.3 Å². The second kappa shape index (κ2) is 8.17. The van der Waals surface area contributed by atoms with Gasteiger partial charge >= 0.3 is 0 Å². The Morgan fingerprint density at radius 1 is 1.19 bits per heavy atom. The molecule has 0 heterocycles. The van der Waals surface area contributed by atoms with E-state index in [4.69, 9.17) is 16.4 Å². The topological polar surface area (TPSA) is 21.6 Å². The Bertz CT molecular complexity index is 308. The molecule has 0 atom stereocenters. The predicted octanol–water partition coefficient (Wildman–Crippen LogP) is 4.15. The molecule has 1 radical (unpaired) electrons. The average molecular weight is 239 g/mol. The monoisotopic (exact) mass is 238 g/mol. The first-order chi connectivity index (χ1) is 7.83. The van der Waals surface area contributed by atoms with E-state index in [2.05, 4.69) is 18.3 Å². The molecule has 0 unspecified atom stereocenters. The van der Waals surface area contributed by atoms with Crippen molar-refractivity contribution in [1.29, 1.82) is 0 Å². The Hall–Kier alpha value is -1.02. The summed E-state index contributed by atoms with van der Waals surface area (Å²) in [4.78, 5) is 5.10. The lowest BCUT2D eigenvalue weighted by atomic mass is 10.2. The molecule has 87 valence electrons. The quantitative estimate of drug-likeness (QED) is 0.397. The average Bonchev–Trinajstić information content (AvgIpc) is 2.30. The van der Waals surface area contributed by atoms with Gasteiger partial charge in [0, 0.05) is 10.6 Å². The number of rotatable bonds is 7. The molecule has 0 bridgehead atoms. The molecule has 0 saturated carbocycles. The van der Waals surface area contributed by atoms with Crippen LogP contribution in [0.5, 0.6) is 0 Å². The minimum Gasteiger partial charge on any atom is -0.395 e. The minimum atomic E-state index is 0.667. The van der Waals surface area contributed by atoms with E-state index in [0.717, 1.165) is 12.0 Å². The molecule has 0 amide bonds. The van der Waals surface area contributed by atoms with Crippen LogP contribution in [0.2, 0.25) is 5.02 Å². The van der Waals surface area contributed by atoms with Gasteiger partial charge in [-0.15, -0.1) is 0 Å². The SMILES string of the molecule is CCCCCCO/N=[C]/c1ccc(Cl)cc1. The van der Waals surface area contributed by atoms with Crippen molar-refractivity contribution >= 4 is 17.8 Å². The molecule has 0 fully saturated rings. The summed E-state index contributed by atoms with van der Waals surface area (Å²) in [5, 5.41) is 4.49. The zero-order valence-electron chi connectivity index (χ0n) is 9.58. The standard InChI is InChI=1S/C13H17ClNO/c1-2-3-4-5-10-16-15-11-12-6-8-13(14)9-7-12/h6-9H,2-5,10H2,1H3. The molecule has 0 N–H and O–H groups in total. The summed E-state index contributed by atoms with van der Waals surface area (Å²) in [5.74, 6) is 0. The van der Waals surface area contributed by atoms with Gasteiger partial charge in [-0.05, 0) is 25.0 Å². The van der Waals surface area contributed by atoms with Crippen LogP contribution >= 0.6 is 11.6 Å². The van der Waals surface area contributed by atoms with Crippen molar-refractivity contribution in [2.24, 2.45) is 5.16 Å². The van der Waals surface area contributed by atoms with E-state index in [-0.39, 0.29) is 0 Å². The van der Waals surface area contributed by atoms with Crippen LogP contribution in [0.1, 0.15) is 38.2 Å². The number of halogens is 1. The van der Waals surface area contributed by atoms with Crippen molar-refractivity contribution in [1.82, 2.24) is 0 Å². The van der Waals surface area contributed by atoms with Crippen molar-refractivity contribution < 1.29 is 4.84 Å². The molecule has 3 heteroatoms. The number of hydrogen-bond donors (Lipinski definition) is 0. The van der Waals surface area contributed by atoms with Crippen LogP contribution in [0.4, 0.5) is 0 Å². The second-order valence-corrected chi connectivity index (χ2v) is 4.04. The number of benzene rings is 1. The van der Waals surface area contributed by atoms with E-state index in [0.29, 0.717) is 11.6 Å². The highest BCUT2D eigenvalue weighted by atomic mass is 35.5. The maximum atomic E-state index is 5.75. The first-order valence-corrected chi connectivity index (χ1v) is 6.04.